The molecule has 1 aliphatic heterocycles. The van der Waals surface area contributed by atoms with Crippen molar-refractivity contribution in [2.45, 2.75) is 78.3 Å². The van der Waals surface area contributed by atoms with E-state index in [9.17, 15) is 4.79 Å². The Kier molecular flexibility index (Phi) is 8.04. The minimum atomic E-state index is -0.0936. The maximum atomic E-state index is 13.7. The predicted molar refractivity (Wildman–Crippen MR) is 138 cm³/mol. The summed E-state index contributed by atoms with van der Waals surface area (Å²) in [7, 11) is 0. The zero-order chi connectivity index (χ0) is 24.1. The molecule has 1 amide bonds. The van der Waals surface area contributed by atoms with Crippen LogP contribution >= 0.6 is 0 Å². The molecule has 0 aromatic heterocycles. The molecule has 0 bridgehead atoms. The lowest BCUT2D eigenvalue weighted by molar-refractivity contribution is -0.135. The van der Waals surface area contributed by atoms with E-state index in [0.717, 1.165) is 35.6 Å². The number of nitrogens with zero attached hydrogens (tertiary/aromatic N) is 3. The molecule has 4 rings (SSSR count). The summed E-state index contributed by atoms with van der Waals surface area (Å²) in [4.78, 5) is 16.0. The zero-order valence-electron chi connectivity index (χ0n) is 21.2. The van der Waals surface area contributed by atoms with Crippen molar-refractivity contribution in [3.63, 3.8) is 0 Å². The molecule has 1 atom stereocenters. The highest BCUT2D eigenvalue weighted by Crippen LogP contribution is 2.35. The van der Waals surface area contributed by atoms with E-state index in [1.165, 1.54) is 43.2 Å². The van der Waals surface area contributed by atoms with E-state index in [0.29, 0.717) is 19.2 Å². The minimum absolute atomic E-state index is 0.0890. The first-order valence-electron chi connectivity index (χ1n) is 12.9. The van der Waals surface area contributed by atoms with Crippen molar-refractivity contribution < 1.29 is 9.53 Å². The van der Waals surface area contributed by atoms with Gasteiger partial charge in [-0.3, -0.25) is 9.69 Å². The highest BCUT2D eigenvalue weighted by Gasteiger charge is 2.35. The average Bonchev–Trinajstić information content (AvgIpc) is 3.29. The van der Waals surface area contributed by atoms with Gasteiger partial charge in [-0.15, -0.1) is 0 Å². The average molecular weight is 462 g/mol. The van der Waals surface area contributed by atoms with Crippen molar-refractivity contribution in [1.82, 2.24) is 9.91 Å². The molecule has 1 unspecified atom stereocenters. The summed E-state index contributed by atoms with van der Waals surface area (Å²) < 4.78 is 5.63. The Morgan fingerprint density at radius 2 is 1.79 bits per heavy atom. The van der Waals surface area contributed by atoms with Crippen LogP contribution in [0.15, 0.2) is 47.6 Å². The van der Waals surface area contributed by atoms with Crippen molar-refractivity contribution in [1.29, 1.82) is 0 Å². The fourth-order valence-corrected chi connectivity index (χ4v) is 5.44. The van der Waals surface area contributed by atoms with E-state index in [4.69, 9.17) is 9.84 Å². The van der Waals surface area contributed by atoms with Gasteiger partial charge in [0.1, 0.15) is 5.75 Å². The third kappa shape index (κ3) is 5.52. The lowest BCUT2D eigenvalue weighted by Gasteiger charge is -2.34. The van der Waals surface area contributed by atoms with E-state index >= 15 is 0 Å². The van der Waals surface area contributed by atoms with Crippen molar-refractivity contribution in [3.05, 3.63) is 64.7 Å². The standard InChI is InChI=1S/C29H39N3O2/c1-5-31(24-10-8-7-9-11-24)20-29(33)32-28(23-13-15-25(16-14-23)34-6-2)19-27(30-32)26-17-12-21(3)18-22(26)4/h12-18,24,28H,5-11,19-20H2,1-4H3. The van der Waals surface area contributed by atoms with Crippen LogP contribution in [0.4, 0.5) is 0 Å². The van der Waals surface area contributed by atoms with Crippen molar-refractivity contribution in [2.24, 2.45) is 5.10 Å². The Hall–Kier alpha value is -2.66. The van der Waals surface area contributed by atoms with Gasteiger partial charge in [-0.1, -0.05) is 62.1 Å². The fraction of sp³-hybridized carbons (Fsp3) is 0.517. The Bertz CT molecular complexity index is 1010. The molecule has 5 heteroatoms. The first kappa shape index (κ1) is 24.5. The molecule has 5 nitrogen and oxygen atoms in total. The first-order chi connectivity index (χ1) is 16.5. The number of carbonyl (C=O) groups is 1. The van der Waals surface area contributed by atoms with Crippen molar-refractivity contribution >= 4 is 11.6 Å². The highest BCUT2D eigenvalue weighted by atomic mass is 16.5. The summed E-state index contributed by atoms with van der Waals surface area (Å²) >= 11 is 0. The van der Waals surface area contributed by atoms with Gasteiger partial charge >= 0.3 is 0 Å². The number of likely N-dealkylation sites (N-methyl/N-ethyl adjacent to an activating group) is 1. The quantitative estimate of drug-likeness (QED) is 0.482. The van der Waals surface area contributed by atoms with E-state index in [-0.39, 0.29) is 11.9 Å². The van der Waals surface area contributed by atoms with Crippen LogP contribution in [0, 0.1) is 13.8 Å². The predicted octanol–water partition coefficient (Wildman–Crippen LogP) is 6.03. The number of hydrazone groups is 1. The number of hydrogen-bond acceptors (Lipinski definition) is 4. The van der Waals surface area contributed by atoms with E-state index in [2.05, 4.69) is 56.0 Å². The van der Waals surface area contributed by atoms with E-state index in [1.54, 1.807) is 5.01 Å². The molecular formula is C29H39N3O2. The summed E-state index contributed by atoms with van der Waals surface area (Å²) in [6.07, 6.45) is 6.96. The molecular weight excluding hydrogens is 422 g/mol. The van der Waals surface area contributed by atoms with Crippen LogP contribution in [-0.2, 0) is 4.79 Å². The number of aryl methyl sites for hydroxylation is 2. The largest absolute Gasteiger partial charge is 0.494 e. The van der Waals surface area contributed by atoms with Gasteiger partial charge in [0.05, 0.1) is 24.9 Å². The number of benzene rings is 2. The summed E-state index contributed by atoms with van der Waals surface area (Å²) in [6.45, 7) is 10.4. The van der Waals surface area contributed by atoms with Crippen LogP contribution in [0.5, 0.6) is 5.75 Å². The molecule has 0 radical (unpaired) electrons. The molecule has 1 heterocycles. The molecule has 2 aromatic carbocycles. The van der Waals surface area contributed by atoms with Crippen LogP contribution < -0.4 is 4.74 Å². The Morgan fingerprint density at radius 3 is 2.44 bits per heavy atom. The molecule has 1 aliphatic carbocycles. The van der Waals surface area contributed by atoms with Crippen LogP contribution in [-0.4, -0.2) is 47.3 Å². The van der Waals surface area contributed by atoms with Crippen LogP contribution in [0.2, 0.25) is 0 Å². The summed E-state index contributed by atoms with van der Waals surface area (Å²) in [5.74, 6) is 0.943. The Morgan fingerprint density at radius 1 is 1.06 bits per heavy atom. The zero-order valence-corrected chi connectivity index (χ0v) is 21.2. The molecule has 0 saturated heterocycles. The van der Waals surface area contributed by atoms with Gasteiger partial charge in [0.25, 0.3) is 5.91 Å². The first-order valence-corrected chi connectivity index (χ1v) is 12.9. The number of hydrogen-bond donors (Lipinski definition) is 0. The molecule has 34 heavy (non-hydrogen) atoms. The Labute approximate surface area is 204 Å². The topological polar surface area (TPSA) is 45.1 Å². The SMILES string of the molecule is CCOc1ccc(C2CC(c3ccc(C)cc3C)=NN2C(=O)CN(CC)C2CCCCC2)cc1. The van der Waals surface area contributed by atoms with Crippen LogP contribution in [0.25, 0.3) is 0 Å². The number of carbonyl (C=O) groups excluding carboxylic acids is 1. The lowest BCUT2D eigenvalue weighted by atomic mass is 9.94. The maximum Gasteiger partial charge on any atom is 0.257 e. The lowest BCUT2D eigenvalue weighted by Crippen LogP contribution is -2.44. The fourth-order valence-electron chi connectivity index (χ4n) is 5.44. The van der Waals surface area contributed by atoms with E-state index < -0.39 is 0 Å². The third-order valence-corrected chi connectivity index (χ3v) is 7.27. The third-order valence-electron chi connectivity index (χ3n) is 7.27. The van der Waals surface area contributed by atoms with Crippen LogP contribution in [0.3, 0.4) is 0 Å². The number of amides is 1. The molecule has 2 aromatic rings. The molecule has 182 valence electrons. The maximum absolute atomic E-state index is 13.7. The molecule has 0 N–H and O–H groups in total. The van der Waals surface area contributed by atoms with Gasteiger partial charge < -0.3 is 4.74 Å². The molecule has 0 spiro atoms. The summed E-state index contributed by atoms with van der Waals surface area (Å²) in [5, 5.41) is 6.70. The smallest absolute Gasteiger partial charge is 0.257 e. The summed E-state index contributed by atoms with van der Waals surface area (Å²) in [5.41, 5.74) is 5.67. The second-order valence-corrected chi connectivity index (χ2v) is 9.68. The van der Waals surface area contributed by atoms with Crippen molar-refractivity contribution in [2.75, 3.05) is 19.7 Å². The molecule has 2 aliphatic rings. The van der Waals surface area contributed by atoms with Gasteiger partial charge in [0.15, 0.2) is 0 Å². The second kappa shape index (κ2) is 11.2. The second-order valence-electron chi connectivity index (χ2n) is 9.68. The van der Waals surface area contributed by atoms with Crippen molar-refractivity contribution in [3.8, 4) is 5.75 Å². The monoisotopic (exact) mass is 461 g/mol. The number of ether oxygens (including phenoxy) is 1. The highest BCUT2D eigenvalue weighted by molar-refractivity contribution is 6.04. The molecule has 1 saturated carbocycles. The van der Waals surface area contributed by atoms with E-state index in [1.807, 2.05) is 19.1 Å². The number of rotatable bonds is 8. The summed E-state index contributed by atoms with van der Waals surface area (Å²) in [6, 6.07) is 15.0. The van der Waals surface area contributed by atoms with Gasteiger partial charge in [-0.2, -0.15) is 5.10 Å². The van der Waals surface area contributed by atoms with Gasteiger partial charge in [0, 0.05) is 18.0 Å². The molecule has 1 fully saturated rings. The van der Waals surface area contributed by atoms with Gasteiger partial charge in [-0.05, 0) is 63.4 Å². The van der Waals surface area contributed by atoms with Crippen LogP contribution in [0.1, 0.15) is 80.7 Å². The Balaban J connectivity index is 1.60. The minimum Gasteiger partial charge on any atom is -0.494 e. The normalized spacial score (nSPS) is 18.9. The van der Waals surface area contributed by atoms with Gasteiger partial charge in [0.2, 0.25) is 0 Å². The van der Waals surface area contributed by atoms with Gasteiger partial charge in [-0.25, -0.2) is 5.01 Å².